The highest BCUT2D eigenvalue weighted by atomic mass is 32.2. The van der Waals surface area contributed by atoms with Gasteiger partial charge in [-0.3, -0.25) is 4.79 Å². The Morgan fingerprint density at radius 3 is 2.70 bits per heavy atom. The molecule has 1 aromatic heterocycles. The number of methoxy groups -OCH3 is 1. The molecule has 1 saturated heterocycles. The molecule has 0 spiro atoms. The van der Waals surface area contributed by atoms with Gasteiger partial charge in [0.1, 0.15) is 5.58 Å². The summed E-state index contributed by atoms with van der Waals surface area (Å²) >= 11 is 0. The van der Waals surface area contributed by atoms with E-state index in [1.54, 1.807) is 25.1 Å². The van der Waals surface area contributed by atoms with E-state index >= 15 is 0 Å². The molecule has 0 radical (unpaired) electrons. The van der Waals surface area contributed by atoms with Crippen molar-refractivity contribution < 1.29 is 31.9 Å². The van der Waals surface area contributed by atoms with Crippen molar-refractivity contribution in [2.75, 3.05) is 25.2 Å². The maximum Gasteiger partial charge on any atom is 0.375 e. The lowest BCUT2D eigenvalue weighted by Gasteiger charge is -2.23. The number of nitrogens with one attached hydrogen (secondary N) is 1. The molecule has 1 aromatic carbocycles. The first-order valence-corrected chi connectivity index (χ1v) is 10.2. The number of carbonyl (C=O) groups is 2. The lowest BCUT2D eigenvalue weighted by molar-refractivity contribution is -0.125. The van der Waals surface area contributed by atoms with Crippen molar-refractivity contribution in [1.29, 1.82) is 0 Å². The van der Waals surface area contributed by atoms with E-state index in [1.807, 2.05) is 6.07 Å². The average Bonchev–Trinajstić information content (AvgIpc) is 3.10. The molecule has 3 rings (SSSR count). The normalized spacial score (nSPS) is 21.3. The van der Waals surface area contributed by atoms with Crippen LogP contribution < -0.4 is 5.32 Å². The third-order valence-corrected chi connectivity index (χ3v) is 6.35. The first kappa shape index (κ1) is 19.4. The van der Waals surface area contributed by atoms with E-state index in [-0.39, 0.29) is 23.9 Å². The van der Waals surface area contributed by atoms with E-state index in [2.05, 4.69) is 5.32 Å². The minimum Gasteiger partial charge on any atom is -0.450 e. The molecule has 1 atom stereocenters. The number of fused-ring (bicyclic) bond motifs is 1. The van der Waals surface area contributed by atoms with Crippen molar-refractivity contribution in [3.8, 4) is 0 Å². The summed E-state index contributed by atoms with van der Waals surface area (Å²) < 4.78 is 39.0. The third kappa shape index (κ3) is 4.30. The van der Waals surface area contributed by atoms with Crippen molar-refractivity contribution in [2.24, 2.45) is 0 Å². The molecule has 0 aliphatic carbocycles. The molecular weight excluding hydrogens is 374 g/mol. The fourth-order valence-corrected chi connectivity index (χ4v) is 5.32. The molecule has 1 amide bonds. The molecule has 146 valence electrons. The van der Waals surface area contributed by atoms with Crippen LogP contribution in [0.15, 0.2) is 28.7 Å². The number of furan rings is 1. The first-order valence-electron chi connectivity index (χ1n) is 8.41. The van der Waals surface area contributed by atoms with Crippen molar-refractivity contribution in [3.63, 3.8) is 0 Å². The smallest absolute Gasteiger partial charge is 0.375 e. The van der Waals surface area contributed by atoms with Crippen LogP contribution in [0.4, 0.5) is 0 Å². The van der Waals surface area contributed by atoms with Gasteiger partial charge in [-0.1, -0.05) is 18.2 Å². The summed E-state index contributed by atoms with van der Waals surface area (Å²) in [5.74, 6) is -1.45. The van der Waals surface area contributed by atoms with E-state index in [0.29, 0.717) is 17.6 Å². The van der Waals surface area contributed by atoms with Gasteiger partial charge < -0.3 is 19.2 Å². The summed E-state index contributed by atoms with van der Waals surface area (Å²) in [6.45, 7) is 1.29. The van der Waals surface area contributed by atoms with Gasteiger partial charge in [0.15, 0.2) is 16.4 Å². The number of ether oxygens (including phenoxy) is 2. The molecule has 0 saturated carbocycles. The highest BCUT2D eigenvalue weighted by molar-refractivity contribution is 7.91. The van der Waals surface area contributed by atoms with Gasteiger partial charge in [-0.15, -0.1) is 0 Å². The minimum absolute atomic E-state index is 0.0134. The molecule has 0 bridgehead atoms. The Balaban J connectivity index is 1.67. The number of hydrogen-bond donors (Lipinski definition) is 1. The zero-order chi connectivity index (χ0) is 19.7. The molecule has 2 aromatic rings. The highest BCUT2D eigenvalue weighted by Gasteiger charge is 2.39. The molecule has 1 aliphatic heterocycles. The third-order valence-electron chi connectivity index (χ3n) is 4.45. The summed E-state index contributed by atoms with van der Waals surface area (Å²) in [4.78, 5) is 24.5. The standard InChI is InChI=1S/C18H21NO7S/c1-18(7-8-27(22,23)11-18)19-15(20)10-25-17(21)16-13(9-24-2)12-5-3-4-6-14(12)26-16/h3-6H,7-11H2,1-2H3,(H,19,20)/t18-/m0/s1. The maximum absolute atomic E-state index is 12.4. The van der Waals surface area contributed by atoms with Crippen molar-refractivity contribution in [1.82, 2.24) is 5.32 Å². The summed E-state index contributed by atoms with van der Waals surface area (Å²) in [5.41, 5.74) is 0.222. The quantitative estimate of drug-likeness (QED) is 0.736. The van der Waals surface area contributed by atoms with Crippen LogP contribution in [0.5, 0.6) is 0 Å². The molecule has 1 N–H and O–H groups in total. The Labute approximate surface area is 156 Å². The monoisotopic (exact) mass is 395 g/mol. The Morgan fingerprint density at radius 2 is 2.04 bits per heavy atom. The number of amides is 1. The van der Waals surface area contributed by atoms with E-state index in [4.69, 9.17) is 13.9 Å². The second-order valence-corrected chi connectivity index (χ2v) is 9.05. The van der Waals surface area contributed by atoms with Gasteiger partial charge in [0, 0.05) is 18.1 Å². The van der Waals surface area contributed by atoms with Crippen LogP contribution in [0.25, 0.3) is 11.0 Å². The van der Waals surface area contributed by atoms with Gasteiger partial charge in [0.05, 0.1) is 23.7 Å². The molecule has 8 nitrogen and oxygen atoms in total. The Kier molecular flexibility index (Phi) is 5.25. The number of hydrogen-bond acceptors (Lipinski definition) is 7. The molecule has 2 heterocycles. The summed E-state index contributed by atoms with van der Waals surface area (Å²) in [5, 5.41) is 3.37. The van der Waals surface area contributed by atoms with Crippen LogP contribution in [0.2, 0.25) is 0 Å². The minimum atomic E-state index is -3.15. The van der Waals surface area contributed by atoms with Gasteiger partial charge in [-0.2, -0.15) is 0 Å². The van der Waals surface area contributed by atoms with Crippen LogP contribution in [-0.2, 0) is 30.7 Å². The van der Waals surface area contributed by atoms with Crippen LogP contribution in [0.1, 0.15) is 29.5 Å². The second kappa shape index (κ2) is 7.32. The number of esters is 1. The van der Waals surface area contributed by atoms with E-state index in [1.165, 1.54) is 7.11 Å². The van der Waals surface area contributed by atoms with Crippen LogP contribution >= 0.6 is 0 Å². The van der Waals surface area contributed by atoms with E-state index in [9.17, 15) is 18.0 Å². The van der Waals surface area contributed by atoms with Gasteiger partial charge in [0.2, 0.25) is 5.76 Å². The highest BCUT2D eigenvalue weighted by Crippen LogP contribution is 2.27. The van der Waals surface area contributed by atoms with Crippen LogP contribution in [0, 0.1) is 0 Å². The van der Waals surface area contributed by atoms with Crippen molar-refractivity contribution in [2.45, 2.75) is 25.5 Å². The topological polar surface area (TPSA) is 112 Å². The lowest BCUT2D eigenvalue weighted by atomic mass is 10.0. The number of sulfone groups is 1. The molecule has 1 aliphatic rings. The molecular formula is C18H21NO7S. The molecule has 1 fully saturated rings. The summed E-state index contributed by atoms with van der Waals surface area (Å²) in [7, 11) is -1.65. The fourth-order valence-electron chi connectivity index (χ4n) is 3.23. The number of benzene rings is 1. The predicted octanol–water partition coefficient (Wildman–Crippen LogP) is 1.43. The van der Waals surface area contributed by atoms with E-state index < -0.39 is 33.9 Å². The summed E-state index contributed by atoms with van der Waals surface area (Å²) in [6.07, 6.45) is 0.330. The Hall–Kier alpha value is -2.39. The van der Waals surface area contributed by atoms with Crippen LogP contribution in [-0.4, -0.2) is 51.1 Å². The number of rotatable bonds is 6. The molecule has 27 heavy (non-hydrogen) atoms. The second-order valence-electron chi connectivity index (χ2n) is 6.87. The van der Waals surface area contributed by atoms with Gasteiger partial charge in [-0.05, 0) is 19.4 Å². The van der Waals surface area contributed by atoms with Crippen molar-refractivity contribution >= 4 is 32.7 Å². The number of para-hydroxylation sites is 1. The zero-order valence-electron chi connectivity index (χ0n) is 15.1. The SMILES string of the molecule is COCc1c(C(=O)OCC(=O)N[C@@]2(C)CCS(=O)(=O)C2)oc2ccccc12. The number of carbonyl (C=O) groups excluding carboxylic acids is 2. The zero-order valence-corrected chi connectivity index (χ0v) is 15.9. The maximum atomic E-state index is 12.4. The van der Waals surface area contributed by atoms with Gasteiger partial charge >= 0.3 is 5.97 Å². The molecule has 9 heteroatoms. The predicted molar refractivity (Wildman–Crippen MR) is 97.0 cm³/mol. The molecule has 0 unspecified atom stereocenters. The first-order chi connectivity index (χ1) is 12.7. The Morgan fingerprint density at radius 1 is 1.30 bits per heavy atom. The summed E-state index contributed by atoms with van der Waals surface area (Å²) in [6, 6.07) is 7.12. The lowest BCUT2D eigenvalue weighted by Crippen LogP contribution is -2.48. The largest absolute Gasteiger partial charge is 0.450 e. The van der Waals surface area contributed by atoms with Gasteiger partial charge in [0.25, 0.3) is 5.91 Å². The van der Waals surface area contributed by atoms with Gasteiger partial charge in [-0.25, -0.2) is 13.2 Å². The Bertz CT molecular complexity index is 979. The fraction of sp³-hybridized carbons (Fsp3) is 0.444. The van der Waals surface area contributed by atoms with Crippen LogP contribution in [0.3, 0.4) is 0 Å². The van der Waals surface area contributed by atoms with E-state index in [0.717, 1.165) is 5.39 Å². The average molecular weight is 395 g/mol. The van der Waals surface area contributed by atoms with Crippen molar-refractivity contribution in [3.05, 3.63) is 35.6 Å².